The number of hydrogen-bond acceptors (Lipinski definition) is 6. The van der Waals surface area contributed by atoms with Gasteiger partial charge in [-0.2, -0.15) is 0 Å². The summed E-state index contributed by atoms with van der Waals surface area (Å²) in [6, 6.07) is 7.60. The van der Waals surface area contributed by atoms with Crippen LogP contribution in [-0.4, -0.2) is 23.5 Å². The fraction of sp³-hybridized carbons (Fsp3) is 0.0625. The first-order valence-electron chi connectivity index (χ1n) is 6.93. The molecule has 2 aromatic rings. The standard InChI is InChI=1S/C16H13NO5S2/c18-13-14(19)16(17-24(20,21)10-6-2-1-3-7-10)22-15(13)11-8-4-5-9-12(11)23/h1-8,17-19H,9H2. The zero-order valence-electron chi connectivity index (χ0n) is 12.3. The van der Waals surface area contributed by atoms with Crippen LogP contribution in [0.15, 0.2) is 57.9 Å². The fourth-order valence-electron chi connectivity index (χ4n) is 2.19. The van der Waals surface area contributed by atoms with E-state index < -0.39 is 27.4 Å². The third kappa shape index (κ3) is 2.93. The molecule has 0 aliphatic heterocycles. The second kappa shape index (κ2) is 6.14. The molecule has 1 aromatic heterocycles. The maximum atomic E-state index is 12.3. The van der Waals surface area contributed by atoms with Crippen molar-refractivity contribution in [1.82, 2.24) is 0 Å². The normalized spacial score (nSPS) is 14.5. The first-order chi connectivity index (χ1) is 11.4. The first-order valence-corrected chi connectivity index (χ1v) is 8.82. The molecule has 1 aliphatic rings. The third-order valence-corrected chi connectivity index (χ3v) is 5.12. The number of rotatable bonds is 4. The van der Waals surface area contributed by atoms with E-state index in [9.17, 15) is 18.6 Å². The third-order valence-electron chi connectivity index (χ3n) is 3.39. The van der Waals surface area contributed by atoms with Gasteiger partial charge in [0.05, 0.1) is 4.90 Å². The fourth-order valence-corrected chi connectivity index (χ4v) is 3.46. The Bertz CT molecular complexity index is 956. The molecule has 24 heavy (non-hydrogen) atoms. The van der Waals surface area contributed by atoms with Crippen molar-refractivity contribution in [2.24, 2.45) is 0 Å². The lowest BCUT2D eigenvalue weighted by Crippen LogP contribution is -2.12. The highest BCUT2D eigenvalue weighted by molar-refractivity contribution is 7.92. The Morgan fingerprint density at radius 2 is 1.83 bits per heavy atom. The molecule has 1 aromatic carbocycles. The number of furan rings is 1. The van der Waals surface area contributed by atoms with Gasteiger partial charge in [-0.3, -0.25) is 0 Å². The van der Waals surface area contributed by atoms with Gasteiger partial charge in [0.15, 0.2) is 5.76 Å². The second-order valence-electron chi connectivity index (χ2n) is 5.01. The predicted molar refractivity (Wildman–Crippen MR) is 93.6 cm³/mol. The van der Waals surface area contributed by atoms with E-state index in [0.29, 0.717) is 16.9 Å². The Kier molecular flexibility index (Phi) is 4.16. The molecule has 0 atom stereocenters. The highest BCUT2D eigenvalue weighted by Gasteiger charge is 2.27. The van der Waals surface area contributed by atoms with E-state index in [4.69, 9.17) is 16.6 Å². The second-order valence-corrected chi connectivity index (χ2v) is 7.19. The summed E-state index contributed by atoms with van der Waals surface area (Å²) in [7, 11) is -3.96. The molecular weight excluding hydrogens is 350 g/mol. The molecule has 0 saturated heterocycles. The molecule has 0 spiro atoms. The van der Waals surface area contributed by atoms with E-state index >= 15 is 0 Å². The molecule has 0 amide bonds. The van der Waals surface area contributed by atoms with Gasteiger partial charge < -0.3 is 14.6 Å². The number of anilines is 1. The van der Waals surface area contributed by atoms with Gasteiger partial charge >= 0.3 is 0 Å². The average molecular weight is 363 g/mol. The molecule has 124 valence electrons. The van der Waals surface area contributed by atoms with Crippen LogP contribution in [0, 0.1) is 0 Å². The zero-order chi connectivity index (χ0) is 17.3. The quantitative estimate of drug-likeness (QED) is 0.722. The van der Waals surface area contributed by atoms with Crippen LogP contribution in [0.1, 0.15) is 12.2 Å². The number of benzene rings is 1. The summed E-state index contributed by atoms with van der Waals surface area (Å²) in [4.78, 5) is 0.510. The van der Waals surface area contributed by atoms with Crippen LogP contribution >= 0.6 is 12.2 Å². The van der Waals surface area contributed by atoms with Crippen molar-refractivity contribution in [3.05, 3.63) is 54.3 Å². The molecule has 0 bridgehead atoms. The maximum Gasteiger partial charge on any atom is 0.264 e. The van der Waals surface area contributed by atoms with Gasteiger partial charge in [-0.1, -0.05) is 48.6 Å². The van der Waals surface area contributed by atoms with E-state index in [1.165, 1.54) is 12.1 Å². The maximum absolute atomic E-state index is 12.3. The van der Waals surface area contributed by atoms with Crippen molar-refractivity contribution >= 4 is 38.6 Å². The highest BCUT2D eigenvalue weighted by Crippen LogP contribution is 2.44. The van der Waals surface area contributed by atoms with Crippen molar-refractivity contribution in [2.75, 3.05) is 4.72 Å². The van der Waals surface area contributed by atoms with Crippen molar-refractivity contribution in [3.63, 3.8) is 0 Å². The lowest BCUT2D eigenvalue weighted by atomic mass is 10.0. The van der Waals surface area contributed by atoms with Gasteiger partial charge in [0.2, 0.25) is 11.5 Å². The summed E-state index contributed by atoms with van der Waals surface area (Å²) in [5.74, 6) is -1.80. The van der Waals surface area contributed by atoms with Crippen LogP contribution in [0.2, 0.25) is 0 Å². The van der Waals surface area contributed by atoms with E-state index in [1.807, 2.05) is 6.08 Å². The largest absolute Gasteiger partial charge is 0.502 e. The van der Waals surface area contributed by atoms with E-state index in [2.05, 4.69) is 4.72 Å². The van der Waals surface area contributed by atoms with Crippen LogP contribution in [-0.2, 0) is 10.0 Å². The molecule has 0 unspecified atom stereocenters. The minimum atomic E-state index is -3.96. The highest BCUT2D eigenvalue weighted by atomic mass is 32.2. The molecule has 3 rings (SSSR count). The van der Waals surface area contributed by atoms with Gasteiger partial charge in [0, 0.05) is 16.9 Å². The molecule has 6 nitrogen and oxygen atoms in total. The summed E-state index contributed by atoms with van der Waals surface area (Å²) in [6.45, 7) is 0. The monoisotopic (exact) mass is 363 g/mol. The van der Waals surface area contributed by atoms with E-state index in [0.717, 1.165) is 0 Å². The summed E-state index contributed by atoms with van der Waals surface area (Å²) in [6.07, 6.45) is 5.69. The van der Waals surface area contributed by atoms with E-state index in [-0.39, 0.29) is 10.7 Å². The number of allylic oxidation sites excluding steroid dienone is 4. The Morgan fingerprint density at radius 3 is 2.50 bits per heavy atom. The summed E-state index contributed by atoms with van der Waals surface area (Å²) in [5, 5.41) is 20.0. The Hall–Kier alpha value is -2.58. The number of aromatic hydroxyl groups is 2. The molecule has 1 aliphatic carbocycles. The van der Waals surface area contributed by atoms with Crippen molar-refractivity contribution in [1.29, 1.82) is 0 Å². The topological polar surface area (TPSA) is 99.8 Å². The van der Waals surface area contributed by atoms with E-state index in [1.54, 1.807) is 30.4 Å². The Balaban J connectivity index is 1.99. The van der Waals surface area contributed by atoms with Crippen LogP contribution < -0.4 is 4.72 Å². The van der Waals surface area contributed by atoms with Crippen LogP contribution in [0.4, 0.5) is 5.88 Å². The number of sulfonamides is 1. The van der Waals surface area contributed by atoms with Gasteiger partial charge in [-0.25, -0.2) is 13.1 Å². The Labute approximate surface area is 143 Å². The molecule has 0 saturated carbocycles. The smallest absolute Gasteiger partial charge is 0.264 e. The summed E-state index contributed by atoms with van der Waals surface area (Å²) in [5.41, 5.74) is 0.422. The minimum Gasteiger partial charge on any atom is -0.502 e. The molecule has 1 heterocycles. The van der Waals surface area contributed by atoms with Crippen molar-refractivity contribution in [3.8, 4) is 11.5 Å². The molecule has 0 fully saturated rings. The van der Waals surface area contributed by atoms with Crippen LogP contribution in [0.5, 0.6) is 11.5 Å². The first kappa shape index (κ1) is 16.3. The summed E-state index contributed by atoms with van der Waals surface area (Å²) < 4.78 is 32.1. The molecule has 8 heteroatoms. The van der Waals surface area contributed by atoms with Gasteiger partial charge in [0.1, 0.15) is 0 Å². The lowest BCUT2D eigenvalue weighted by Gasteiger charge is -2.08. The Morgan fingerprint density at radius 1 is 1.12 bits per heavy atom. The number of hydrogen-bond donors (Lipinski definition) is 3. The number of thiocarbonyl (C=S) groups is 1. The average Bonchev–Trinajstić information content (AvgIpc) is 2.84. The molecule has 0 radical (unpaired) electrons. The van der Waals surface area contributed by atoms with Gasteiger partial charge in [0.25, 0.3) is 15.9 Å². The van der Waals surface area contributed by atoms with Gasteiger partial charge in [-0.05, 0) is 12.1 Å². The van der Waals surface area contributed by atoms with Crippen LogP contribution in [0.25, 0.3) is 5.57 Å². The summed E-state index contributed by atoms with van der Waals surface area (Å²) >= 11 is 5.20. The lowest BCUT2D eigenvalue weighted by molar-refractivity contribution is 0.408. The van der Waals surface area contributed by atoms with Gasteiger partial charge in [-0.15, -0.1) is 0 Å². The van der Waals surface area contributed by atoms with Crippen molar-refractivity contribution in [2.45, 2.75) is 11.3 Å². The minimum absolute atomic E-state index is 0.00261. The zero-order valence-corrected chi connectivity index (χ0v) is 13.9. The van der Waals surface area contributed by atoms with Crippen molar-refractivity contribution < 1.29 is 23.0 Å². The predicted octanol–water partition coefficient (Wildman–Crippen LogP) is 3.20. The number of nitrogens with one attached hydrogen (secondary N) is 1. The van der Waals surface area contributed by atoms with Crippen LogP contribution in [0.3, 0.4) is 0 Å². The molecular formula is C16H13NO5S2. The molecule has 3 N–H and O–H groups in total. The SMILES string of the molecule is O=S(=O)(Nc1oc(C2=CC=CCC2=S)c(O)c1O)c1ccccc1.